The van der Waals surface area contributed by atoms with Gasteiger partial charge in [-0.15, -0.1) is 0 Å². The molecule has 1 aliphatic carbocycles. The molecular formula is C17H25BrN2O. The maximum Gasteiger partial charge on any atom is 0.0541 e. The first-order valence-corrected chi connectivity index (χ1v) is 8.87. The molecule has 4 heteroatoms. The van der Waals surface area contributed by atoms with Crippen molar-refractivity contribution >= 4 is 21.6 Å². The topological polar surface area (TPSA) is 35.5 Å². The normalized spacial score (nSPS) is 21.6. The summed E-state index contributed by atoms with van der Waals surface area (Å²) in [6, 6.07) is 7.34. The largest absolute Gasteiger partial charge is 0.393 e. The number of piperidine rings is 1. The van der Waals surface area contributed by atoms with E-state index in [1.54, 1.807) is 0 Å². The number of rotatable bonds is 5. The van der Waals surface area contributed by atoms with Crippen molar-refractivity contribution in [3.8, 4) is 0 Å². The van der Waals surface area contributed by atoms with Crippen molar-refractivity contribution < 1.29 is 5.11 Å². The molecule has 0 radical (unpaired) electrons. The van der Waals surface area contributed by atoms with Gasteiger partial charge in [0.2, 0.25) is 0 Å². The third-order valence-corrected chi connectivity index (χ3v) is 5.26. The molecule has 3 rings (SSSR count). The number of benzene rings is 1. The highest BCUT2D eigenvalue weighted by Crippen LogP contribution is 2.30. The zero-order chi connectivity index (χ0) is 14.8. The Hall–Kier alpha value is -0.580. The van der Waals surface area contributed by atoms with Crippen LogP contribution in [0.2, 0.25) is 0 Å². The molecule has 1 aromatic rings. The van der Waals surface area contributed by atoms with Crippen molar-refractivity contribution in [1.29, 1.82) is 0 Å². The molecule has 1 saturated carbocycles. The van der Waals surface area contributed by atoms with Crippen molar-refractivity contribution in [2.75, 3.05) is 18.0 Å². The summed E-state index contributed by atoms with van der Waals surface area (Å²) in [6.45, 7) is 4.97. The first kappa shape index (κ1) is 15.3. The van der Waals surface area contributed by atoms with E-state index < -0.39 is 0 Å². The fourth-order valence-corrected chi connectivity index (χ4v) is 3.58. The molecule has 1 aliphatic heterocycles. The fourth-order valence-electron chi connectivity index (χ4n) is 3.17. The Bertz CT molecular complexity index is 480. The van der Waals surface area contributed by atoms with Crippen LogP contribution in [0.25, 0.3) is 0 Å². The van der Waals surface area contributed by atoms with Gasteiger partial charge in [0, 0.05) is 35.8 Å². The quantitative estimate of drug-likeness (QED) is 0.853. The Kier molecular flexibility index (Phi) is 4.87. The first-order valence-electron chi connectivity index (χ1n) is 8.08. The molecule has 2 N–H and O–H groups in total. The molecular weight excluding hydrogens is 328 g/mol. The highest BCUT2D eigenvalue weighted by atomic mass is 79.9. The minimum absolute atomic E-state index is 0.173. The van der Waals surface area contributed by atoms with Crippen LogP contribution < -0.4 is 10.2 Å². The predicted molar refractivity (Wildman–Crippen MR) is 90.6 cm³/mol. The zero-order valence-electron chi connectivity index (χ0n) is 12.7. The van der Waals surface area contributed by atoms with E-state index in [0.29, 0.717) is 5.92 Å². The average Bonchev–Trinajstić information content (AvgIpc) is 3.29. The van der Waals surface area contributed by atoms with Gasteiger partial charge >= 0.3 is 0 Å². The van der Waals surface area contributed by atoms with Gasteiger partial charge in [-0.05, 0) is 62.3 Å². The molecule has 1 heterocycles. The summed E-state index contributed by atoms with van der Waals surface area (Å²) < 4.78 is 1.15. The summed E-state index contributed by atoms with van der Waals surface area (Å²) in [5.74, 6) is 0.463. The lowest BCUT2D eigenvalue weighted by atomic mass is 9.91. The van der Waals surface area contributed by atoms with Gasteiger partial charge in [-0.1, -0.05) is 15.9 Å². The van der Waals surface area contributed by atoms with Crippen molar-refractivity contribution in [1.82, 2.24) is 5.32 Å². The second-order valence-corrected chi connectivity index (χ2v) is 7.41. The summed E-state index contributed by atoms with van der Waals surface area (Å²) in [7, 11) is 0. The lowest BCUT2D eigenvalue weighted by Crippen LogP contribution is -2.37. The molecule has 2 aliphatic rings. The van der Waals surface area contributed by atoms with E-state index >= 15 is 0 Å². The van der Waals surface area contributed by atoms with Crippen LogP contribution >= 0.6 is 15.9 Å². The van der Waals surface area contributed by atoms with E-state index in [9.17, 15) is 5.11 Å². The van der Waals surface area contributed by atoms with Crippen molar-refractivity contribution in [3.05, 3.63) is 28.2 Å². The van der Waals surface area contributed by atoms with Crippen LogP contribution in [0, 0.1) is 5.92 Å². The third-order valence-electron chi connectivity index (χ3n) is 4.76. The van der Waals surface area contributed by atoms with Gasteiger partial charge < -0.3 is 15.3 Å². The molecule has 0 bridgehead atoms. The van der Waals surface area contributed by atoms with Gasteiger partial charge in [0.1, 0.15) is 0 Å². The van der Waals surface area contributed by atoms with Crippen LogP contribution in [0.5, 0.6) is 0 Å². The third kappa shape index (κ3) is 3.99. The number of halogens is 1. The van der Waals surface area contributed by atoms with Crippen LogP contribution in [-0.2, 0) is 6.54 Å². The average molecular weight is 353 g/mol. The maximum atomic E-state index is 9.74. The molecule has 0 aromatic heterocycles. The molecule has 2 fully saturated rings. The smallest absolute Gasteiger partial charge is 0.0541 e. The van der Waals surface area contributed by atoms with Crippen molar-refractivity contribution in [2.45, 2.75) is 51.3 Å². The Morgan fingerprint density at radius 1 is 1.29 bits per heavy atom. The Balaban J connectivity index is 1.68. The predicted octanol–water partition coefficient (Wildman–Crippen LogP) is 3.30. The van der Waals surface area contributed by atoms with E-state index in [1.807, 2.05) is 6.92 Å². The minimum atomic E-state index is -0.173. The molecule has 1 unspecified atom stereocenters. The summed E-state index contributed by atoms with van der Waals surface area (Å²) in [5.41, 5.74) is 2.74. The lowest BCUT2D eigenvalue weighted by molar-refractivity contribution is 0.110. The van der Waals surface area contributed by atoms with E-state index in [4.69, 9.17) is 0 Å². The van der Waals surface area contributed by atoms with Gasteiger partial charge in [0.05, 0.1) is 6.10 Å². The number of nitrogens with one attached hydrogen (secondary N) is 1. The van der Waals surface area contributed by atoms with Gasteiger partial charge in [-0.3, -0.25) is 0 Å². The number of anilines is 1. The highest BCUT2D eigenvalue weighted by Gasteiger charge is 2.25. The molecule has 1 atom stereocenters. The van der Waals surface area contributed by atoms with E-state index in [1.165, 1.54) is 24.1 Å². The Labute approximate surface area is 135 Å². The molecule has 1 saturated heterocycles. The zero-order valence-corrected chi connectivity index (χ0v) is 14.3. The second-order valence-electron chi connectivity index (χ2n) is 6.49. The monoisotopic (exact) mass is 352 g/mol. The molecule has 116 valence electrons. The van der Waals surface area contributed by atoms with Crippen molar-refractivity contribution in [3.63, 3.8) is 0 Å². The van der Waals surface area contributed by atoms with Crippen LogP contribution in [0.15, 0.2) is 22.7 Å². The minimum Gasteiger partial charge on any atom is -0.393 e. The number of hydrogen-bond donors (Lipinski definition) is 2. The number of nitrogens with zero attached hydrogens (tertiary/aromatic N) is 1. The van der Waals surface area contributed by atoms with Gasteiger partial charge in [0.15, 0.2) is 0 Å². The summed E-state index contributed by atoms with van der Waals surface area (Å²) in [6.07, 6.45) is 4.65. The lowest BCUT2D eigenvalue weighted by Gasteiger charge is -2.36. The summed E-state index contributed by atoms with van der Waals surface area (Å²) >= 11 is 3.59. The SMILES string of the molecule is CC(O)C1CCN(c2ccc(Br)cc2CNC2CC2)CC1. The van der Waals surface area contributed by atoms with Crippen LogP contribution in [0.1, 0.15) is 38.2 Å². The van der Waals surface area contributed by atoms with Gasteiger partial charge in [-0.25, -0.2) is 0 Å². The second kappa shape index (κ2) is 6.67. The van der Waals surface area contributed by atoms with Gasteiger partial charge in [0.25, 0.3) is 0 Å². The molecule has 21 heavy (non-hydrogen) atoms. The fraction of sp³-hybridized carbons (Fsp3) is 0.647. The number of aliphatic hydroxyl groups excluding tert-OH is 1. The summed E-state index contributed by atoms with van der Waals surface area (Å²) in [4.78, 5) is 2.48. The maximum absolute atomic E-state index is 9.74. The van der Waals surface area contributed by atoms with E-state index in [0.717, 1.165) is 43.0 Å². The van der Waals surface area contributed by atoms with Crippen LogP contribution in [0.4, 0.5) is 5.69 Å². The number of hydrogen-bond acceptors (Lipinski definition) is 3. The van der Waals surface area contributed by atoms with E-state index in [-0.39, 0.29) is 6.10 Å². The Morgan fingerprint density at radius 3 is 2.62 bits per heavy atom. The number of aliphatic hydroxyl groups is 1. The van der Waals surface area contributed by atoms with Crippen LogP contribution in [0.3, 0.4) is 0 Å². The Morgan fingerprint density at radius 2 is 2.00 bits per heavy atom. The van der Waals surface area contributed by atoms with Gasteiger partial charge in [-0.2, -0.15) is 0 Å². The standard InChI is InChI=1S/C17H25BrN2O/c1-12(21)13-6-8-20(9-7-13)17-5-2-15(18)10-14(17)11-19-16-3-4-16/h2,5,10,12-13,16,19,21H,3-4,6-9,11H2,1H3. The summed E-state index contributed by atoms with van der Waals surface area (Å²) in [5, 5.41) is 13.4. The molecule has 0 spiro atoms. The molecule has 0 amide bonds. The first-order chi connectivity index (χ1) is 10.1. The van der Waals surface area contributed by atoms with Crippen molar-refractivity contribution in [2.24, 2.45) is 5.92 Å². The molecule has 3 nitrogen and oxygen atoms in total. The highest BCUT2D eigenvalue weighted by molar-refractivity contribution is 9.10. The van der Waals surface area contributed by atoms with Crippen LogP contribution in [-0.4, -0.2) is 30.3 Å². The van der Waals surface area contributed by atoms with E-state index in [2.05, 4.69) is 44.3 Å². The molecule has 1 aromatic carbocycles.